The summed E-state index contributed by atoms with van der Waals surface area (Å²) >= 11 is 0. The van der Waals surface area contributed by atoms with E-state index in [0.717, 1.165) is 6.42 Å². The average molecular weight is 210 g/mol. The molecule has 0 N–H and O–H groups in total. The van der Waals surface area contributed by atoms with E-state index in [0.29, 0.717) is 0 Å². The third-order valence-electron chi connectivity index (χ3n) is 2.92. The van der Waals surface area contributed by atoms with E-state index in [4.69, 9.17) is 0 Å². The second-order valence-electron chi connectivity index (χ2n) is 4.55. The first-order valence-electron chi connectivity index (χ1n) is 7.02. The fraction of sp³-hybridized carbons (Fsp3) is 0.867. The molecule has 90 valence electrons. The average Bonchev–Trinajstić information content (AvgIpc) is 2.32. The highest BCUT2D eigenvalue weighted by Crippen LogP contribution is 2.14. The van der Waals surface area contributed by atoms with Crippen molar-refractivity contribution in [1.82, 2.24) is 0 Å². The third kappa shape index (κ3) is 14.0. The van der Waals surface area contributed by atoms with Crippen molar-refractivity contribution in [3.8, 4) is 0 Å². The Labute approximate surface area is 97.8 Å². The second kappa shape index (κ2) is 14.0. The van der Waals surface area contributed by atoms with Gasteiger partial charge in [-0.25, -0.2) is 0 Å². The Bertz CT molecular complexity index is 74.7. The minimum Gasteiger partial charge on any atom is -0.0654 e. The first-order valence-corrected chi connectivity index (χ1v) is 7.02. The van der Waals surface area contributed by atoms with Gasteiger partial charge in [-0.1, -0.05) is 90.9 Å². The minimum atomic E-state index is 1.12. The van der Waals surface area contributed by atoms with Crippen LogP contribution >= 0.6 is 0 Å². The normalized spacial score (nSPS) is 15.6. The zero-order valence-corrected chi connectivity index (χ0v) is 10.8. The van der Waals surface area contributed by atoms with Crippen molar-refractivity contribution in [2.24, 2.45) is 0 Å². The van der Waals surface area contributed by atoms with E-state index >= 15 is 0 Å². The van der Waals surface area contributed by atoms with Crippen molar-refractivity contribution in [2.45, 2.75) is 84.0 Å². The summed E-state index contributed by atoms with van der Waals surface area (Å²) in [6.45, 7) is 6.05. The van der Waals surface area contributed by atoms with Gasteiger partial charge in [0.1, 0.15) is 0 Å². The largest absolute Gasteiger partial charge is 0.0654 e. The molecule has 0 spiro atoms. The molecule has 0 unspecified atom stereocenters. The summed E-state index contributed by atoms with van der Waals surface area (Å²) in [7, 11) is 0. The Balaban J connectivity index is 0.000000280. The number of hydrogen-bond acceptors (Lipinski definition) is 0. The monoisotopic (exact) mass is 210 g/mol. The van der Waals surface area contributed by atoms with E-state index in [1.165, 1.54) is 70.6 Å². The predicted octanol–water partition coefficient (Wildman–Crippen LogP) is 5.73. The summed E-state index contributed by atoms with van der Waals surface area (Å²) in [5.41, 5.74) is 0. The molecule has 0 heteroatoms. The predicted molar refractivity (Wildman–Crippen MR) is 70.7 cm³/mol. The summed E-state index contributed by atoms with van der Waals surface area (Å²) in [5.74, 6) is 0. The van der Waals surface area contributed by atoms with Crippen LogP contribution in [0.5, 0.6) is 0 Å². The molecule has 0 heterocycles. The zero-order valence-electron chi connectivity index (χ0n) is 10.8. The molecule has 1 aliphatic carbocycles. The fourth-order valence-electron chi connectivity index (χ4n) is 1.86. The summed E-state index contributed by atoms with van der Waals surface area (Å²) < 4.78 is 0. The molecule has 0 aromatic carbocycles. The van der Waals surface area contributed by atoms with Gasteiger partial charge in [-0.15, -0.1) is 0 Å². The smallest absolute Gasteiger partial charge is 0.0386 e. The molecule has 0 nitrogen and oxygen atoms in total. The van der Waals surface area contributed by atoms with Crippen molar-refractivity contribution in [1.29, 1.82) is 0 Å². The Kier molecular flexibility index (Phi) is 14.0. The van der Waals surface area contributed by atoms with Crippen LogP contribution in [0.3, 0.4) is 0 Å². The lowest BCUT2D eigenvalue weighted by Crippen LogP contribution is -1.87. The van der Waals surface area contributed by atoms with Crippen LogP contribution in [0.2, 0.25) is 0 Å². The molecule has 0 saturated heterocycles. The summed E-state index contributed by atoms with van der Waals surface area (Å²) in [6.07, 6.45) is 18.9. The van der Waals surface area contributed by atoms with E-state index < -0.39 is 0 Å². The summed E-state index contributed by atoms with van der Waals surface area (Å²) in [4.78, 5) is 0. The molecule has 2 radical (unpaired) electrons. The van der Waals surface area contributed by atoms with Crippen LogP contribution in [-0.4, -0.2) is 0 Å². The van der Waals surface area contributed by atoms with Crippen LogP contribution in [-0.2, 0) is 0 Å². The SMILES string of the molecule is [CH2]CCCCCCCC.[CH]1CCCCC1. The maximum atomic E-state index is 3.80. The molecule has 15 heavy (non-hydrogen) atoms. The number of unbranched alkanes of at least 4 members (excludes halogenated alkanes) is 6. The van der Waals surface area contributed by atoms with Crippen molar-refractivity contribution in [2.75, 3.05) is 0 Å². The van der Waals surface area contributed by atoms with Gasteiger partial charge < -0.3 is 0 Å². The molecular formula is C15H30. The van der Waals surface area contributed by atoms with Crippen molar-refractivity contribution in [3.63, 3.8) is 0 Å². The van der Waals surface area contributed by atoms with Gasteiger partial charge >= 0.3 is 0 Å². The van der Waals surface area contributed by atoms with Crippen molar-refractivity contribution >= 4 is 0 Å². The molecule has 1 saturated carbocycles. The molecule has 0 aliphatic heterocycles. The maximum Gasteiger partial charge on any atom is -0.0386 e. The number of rotatable bonds is 6. The van der Waals surface area contributed by atoms with E-state index in [-0.39, 0.29) is 0 Å². The minimum absolute atomic E-state index is 1.12. The van der Waals surface area contributed by atoms with Crippen LogP contribution in [0.25, 0.3) is 0 Å². The Morgan fingerprint density at radius 2 is 1.47 bits per heavy atom. The summed E-state index contributed by atoms with van der Waals surface area (Å²) in [6, 6.07) is 0. The van der Waals surface area contributed by atoms with Gasteiger partial charge in [-0.2, -0.15) is 0 Å². The Hall–Kier alpha value is 0. The van der Waals surface area contributed by atoms with Gasteiger partial charge in [-0.05, 0) is 6.42 Å². The quantitative estimate of drug-likeness (QED) is 0.491. The number of hydrogen-bond donors (Lipinski definition) is 0. The third-order valence-corrected chi connectivity index (χ3v) is 2.92. The fourth-order valence-corrected chi connectivity index (χ4v) is 1.86. The second-order valence-corrected chi connectivity index (χ2v) is 4.55. The highest BCUT2D eigenvalue weighted by molar-refractivity contribution is 4.69. The molecule has 0 atom stereocenters. The molecule has 1 rings (SSSR count). The standard InChI is InChI=1S/C9H19.C6H11/c1-3-5-7-9-8-6-4-2;1-2-4-6-5-3-1/h1,3-9H2,2H3;1H,2-6H2. The molecule has 1 fully saturated rings. The van der Waals surface area contributed by atoms with Crippen molar-refractivity contribution < 1.29 is 0 Å². The first-order chi connectivity index (χ1) is 7.41. The maximum absolute atomic E-state index is 3.80. The topological polar surface area (TPSA) is 0 Å². The van der Waals surface area contributed by atoms with Crippen molar-refractivity contribution in [3.05, 3.63) is 13.3 Å². The molecule has 1 aliphatic rings. The molecule has 0 aromatic heterocycles. The molecule has 0 aromatic rings. The van der Waals surface area contributed by atoms with Crippen LogP contribution in [0, 0.1) is 13.3 Å². The zero-order chi connectivity index (χ0) is 11.2. The highest BCUT2D eigenvalue weighted by Gasteiger charge is 1.95. The van der Waals surface area contributed by atoms with Gasteiger partial charge in [0.2, 0.25) is 0 Å². The van der Waals surface area contributed by atoms with E-state index in [1.807, 2.05) is 0 Å². The van der Waals surface area contributed by atoms with Crippen LogP contribution < -0.4 is 0 Å². The lowest BCUT2D eigenvalue weighted by Gasteiger charge is -2.05. The highest BCUT2D eigenvalue weighted by atomic mass is 14.0. The summed E-state index contributed by atoms with van der Waals surface area (Å²) in [5, 5.41) is 0. The lowest BCUT2D eigenvalue weighted by molar-refractivity contribution is 0.593. The van der Waals surface area contributed by atoms with Crippen LogP contribution in [0.4, 0.5) is 0 Å². The molecular weight excluding hydrogens is 180 g/mol. The van der Waals surface area contributed by atoms with Gasteiger partial charge in [0.25, 0.3) is 0 Å². The van der Waals surface area contributed by atoms with Gasteiger partial charge in [0.05, 0.1) is 0 Å². The van der Waals surface area contributed by atoms with E-state index in [1.54, 1.807) is 0 Å². The first kappa shape index (κ1) is 15.0. The van der Waals surface area contributed by atoms with Crippen LogP contribution in [0.15, 0.2) is 0 Å². The van der Waals surface area contributed by atoms with Gasteiger partial charge in [0.15, 0.2) is 0 Å². The molecule has 0 amide bonds. The Morgan fingerprint density at radius 3 is 1.87 bits per heavy atom. The van der Waals surface area contributed by atoms with Crippen LogP contribution in [0.1, 0.15) is 84.0 Å². The molecule has 0 bridgehead atoms. The van der Waals surface area contributed by atoms with Gasteiger partial charge in [-0.3, -0.25) is 0 Å². The van der Waals surface area contributed by atoms with E-state index in [9.17, 15) is 0 Å². The lowest BCUT2D eigenvalue weighted by atomic mass is 10.0. The van der Waals surface area contributed by atoms with Gasteiger partial charge in [0, 0.05) is 0 Å². The van der Waals surface area contributed by atoms with E-state index in [2.05, 4.69) is 20.3 Å². The Morgan fingerprint density at radius 1 is 0.867 bits per heavy atom.